The summed E-state index contributed by atoms with van der Waals surface area (Å²) < 4.78 is 0. The Morgan fingerprint density at radius 2 is 1.69 bits per heavy atom. The molecule has 0 saturated heterocycles. The normalized spacial score (nSPS) is 16.3. The Labute approximate surface area is 77.6 Å². The molecule has 0 bridgehead atoms. The highest BCUT2D eigenvalue weighted by molar-refractivity contribution is 5.79. The van der Waals surface area contributed by atoms with Gasteiger partial charge in [-0.15, -0.1) is 0 Å². The third kappa shape index (κ3) is 3.05. The number of carboxylic acid groups (broad SMARTS) is 2. The predicted octanol–water partition coefficient (Wildman–Crippen LogP) is 0.119. The summed E-state index contributed by atoms with van der Waals surface area (Å²) in [6, 6.07) is 0. The van der Waals surface area contributed by atoms with Gasteiger partial charge in [-0.05, 0) is 5.41 Å². The van der Waals surface area contributed by atoms with Crippen LogP contribution in [0.25, 0.3) is 0 Å². The molecular formula is C9H15O4-. The van der Waals surface area contributed by atoms with Gasteiger partial charge in [0.15, 0.2) is 0 Å². The van der Waals surface area contributed by atoms with Crippen molar-refractivity contribution in [1.82, 2.24) is 0 Å². The van der Waals surface area contributed by atoms with Crippen molar-refractivity contribution < 1.29 is 19.8 Å². The number of carbonyl (C=O) groups is 2. The molecule has 0 amide bonds. The molecule has 0 aromatic rings. The quantitative estimate of drug-likeness (QED) is 0.680. The molecule has 13 heavy (non-hydrogen) atoms. The number of aliphatic carboxylic acids is 2. The summed E-state index contributed by atoms with van der Waals surface area (Å²) in [4.78, 5) is 21.3. The molecule has 0 aromatic heterocycles. The van der Waals surface area contributed by atoms with Gasteiger partial charge >= 0.3 is 5.97 Å². The van der Waals surface area contributed by atoms with E-state index in [2.05, 4.69) is 0 Å². The second-order valence-corrected chi connectivity index (χ2v) is 4.29. The topological polar surface area (TPSA) is 77.4 Å². The molecule has 76 valence electrons. The van der Waals surface area contributed by atoms with Gasteiger partial charge in [0.1, 0.15) is 0 Å². The fourth-order valence-electron chi connectivity index (χ4n) is 1.45. The molecule has 4 heteroatoms. The number of hydrogen-bond acceptors (Lipinski definition) is 3. The van der Waals surface area contributed by atoms with E-state index in [9.17, 15) is 14.7 Å². The van der Waals surface area contributed by atoms with E-state index in [1.54, 1.807) is 20.8 Å². The van der Waals surface area contributed by atoms with Crippen LogP contribution in [0.3, 0.4) is 0 Å². The van der Waals surface area contributed by atoms with Crippen LogP contribution in [-0.4, -0.2) is 17.0 Å². The van der Waals surface area contributed by atoms with Crippen molar-refractivity contribution >= 4 is 11.9 Å². The lowest BCUT2D eigenvalue weighted by Gasteiger charge is -2.34. The highest BCUT2D eigenvalue weighted by atomic mass is 16.4. The van der Waals surface area contributed by atoms with Crippen molar-refractivity contribution in [1.29, 1.82) is 0 Å². The summed E-state index contributed by atoms with van der Waals surface area (Å²) in [6.07, 6.45) is 0. The van der Waals surface area contributed by atoms with Gasteiger partial charge < -0.3 is 15.0 Å². The zero-order valence-electron chi connectivity index (χ0n) is 8.33. The molecule has 4 nitrogen and oxygen atoms in total. The lowest BCUT2D eigenvalue weighted by atomic mass is 9.74. The fourth-order valence-corrected chi connectivity index (χ4v) is 1.45. The molecule has 0 aliphatic heterocycles. The molecule has 0 aromatic carbocycles. The largest absolute Gasteiger partial charge is 0.550 e. The molecule has 1 N–H and O–H groups in total. The summed E-state index contributed by atoms with van der Waals surface area (Å²) in [7, 11) is 0. The Morgan fingerprint density at radius 3 is 1.77 bits per heavy atom. The number of carboxylic acids is 2. The third-order valence-electron chi connectivity index (χ3n) is 2.08. The van der Waals surface area contributed by atoms with Crippen LogP contribution < -0.4 is 5.11 Å². The van der Waals surface area contributed by atoms with Crippen LogP contribution in [0.1, 0.15) is 27.7 Å². The number of hydrogen-bond donors (Lipinski definition) is 1. The summed E-state index contributed by atoms with van der Waals surface area (Å²) in [6.45, 7) is 6.45. The van der Waals surface area contributed by atoms with Crippen molar-refractivity contribution in [2.24, 2.45) is 17.3 Å². The molecule has 2 unspecified atom stereocenters. The monoisotopic (exact) mass is 187 g/mol. The highest BCUT2D eigenvalue weighted by Gasteiger charge is 2.34. The van der Waals surface area contributed by atoms with Gasteiger partial charge in [0, 0.05) is 11.9 Å². The maximum atomic E-state index is 10.7. The minimum absolute atomic E-state index is 0.601. The summed E-state index contributed by atoms with van der Waals surface area (Å²) >= 11 is 0. The molecule has 0 aliphatic rings. The predicted molar refractivity (Wildman–Crippen MR) is 44.8 cm³/mol. The average Bonchev–Trinajstić information content (AvgIpc) is 1.82. The molecule has 2 atom stereocenters. The molecule has 0 aliphatic carbocycles. The Morgan fingerprint density at radius 1 is 1.31 bits per heavy atom. The van der Waals surface area contributed by atoms with Crippen LogP contribution in [0.15, 0.2) is 0 Å². The fraction of sp³-hybridized carbons (Fsp3) is 0.778. The van der Waals surface area contributed by atoms with Crippen LogP contribution in [-0.2, 0) is 9.59 Å². The molecule has 0 radical (unpaired) electrons. The van der Waals surface area contributed by atoms with E-state index in [-0.39, 0.29) is 0 Å². The van der Waals surface area contributed by atoms with Gasteiger partial charge in [-0.1, -0.05) is 27.7 Å². The minimum Gasteiger partial charge on any atom is -0.550 e. The second-order valence-electron chi connectivity index (χ2n) is 4.29. The van der Waals surface area contributed by atoms with E-state index in [0.717, 1.165) is 0 Å². The number of carbonyl (C=O) groups excluding carboxylic acids is 1. The van der Waals surface area contributed by atoms with Crippen LogP contribution in [0.2, 0.25) is 0 Å². The number of rotatable bonds is 3. The smallest absolute Gasteiger partial charge is 0.306 e. The van der Waals surface area contributed by atoms with Gasteiger partial charge in [0.25, 0.3) is 0 Å². The van der Waals surface area contributed by atoms with Crippen molar-refractivity contribution in [2.75, 3.05) is 0 Å². The maximum Gasteiger partial charge on any atom is 0.306 e. The van der Waals surface area contributed by atoms with Crippen LogP contribution in [0.4, 0.5) is 0 Å². The summed E-state index contributed by atoms with van der Waals surface area (Å²) in [5.41, 5.74) is -0.601. The lowest BCUT2D eigenvalue weighted by molar-refractivity contribution is -0.316. The molecule has 0 spiro atoms. The Bertz CT molecular complexity index is 214. The third-order valence-corrected chi connectivity index (χ3v) is 2.08. The minimum atomic E-state index is -1.30. The zero-order chi connectivity index (χ0) is 10.8. The Kier molecular flexibility index (Phi) is 3.46. The van der Waals surface area contributed by atoms with E-state index in [1.807, 2.05) is 0 Å². The second kappa shape index (κ2) is 3.77. The van der Waals surface area contributed by atoms with Gasteiger partial charge in [-0.3, -0.25) is 4.79 Å². The van der Waals surface area contributed by atoms with Crippen molar-refractivity contribution in [3.63, 3.8) is 0 Å². The lowest BCUT2D eigenvalue weighted by Crippen LogP contribution is -2.44. The molecule has 0 saturated carbocycles. The van der Waals surface area contributed by atoms with Crippen molar-refractivity contribution in [3.8, 4) is 0 Å². The average molecular weight is 187 g/mol. The Balaban J connectivity index is 4.83. The first kappa shape index (κ1) is 11.9. The first-order chi connectivity index (χ1) is 5.68. The Hall–Kier alpha value is -1.06. The van der Waals surface area contributed by atoms with Crippen LogP contribution >= 0.6 is 0 Å². The standard InChI is InChI=1S/C9H16O4/c1-5(7(10)11)6(8(12)13)9(2,3)4/h5-6H,1-4H3,(H,10,11)(H,12,13)/p-1. The van der Waals surface area contributed by atoms with Gasteiger partial charge in [-0.2, -0.15) is 0 Å². The maximum absolute atomic E-state index is 10.7. The SMILES string of the molecule is CC(C(=O)O)C(C(=O)[O-])C(C)(C)C. The van der Waals surface area contributed by atoms with E-state index >= 15 is 0 Å². The molecular weight excluding hydrogens is 172 g/mol. The zero-order valence-corrected chi connectivity index (χ0v) is 8.33. The molecule has 0 rings (SSSR count). The van der Waals surface area contributed by atoms with Crippen LogP contribution in [0, 0.1) is 17.3 Å². The van der Waals surface area contributed by atoms with E-state index in [0.29, 0.717) is 0 Å². The van der Waals surface area contributed by atoms with Crippen molar-refractivity contribution in [2.45, 2.75) is 27.7 Å². The highest BCUT2D eigenvalue weighted by Crippen LogP contribution is 2.31. The van der Waals surface area contributed by atoms with E-state index in [1.165, 1.54) is 6.92 Å². The summed E-state index contributed by atoms with van der Waals surface area (Å²) in [5.74, 6) is -4.30. The first-order valence-corrected chi connectivity index (χ1v) is 4.11. The molecule has 0 heterocycles. The van der Waals surface area contributed by atoms with Gasteiger partial charge in [0.2, 0.25) is 0 Å². The van der Waals surface area contributed by atoms with E-state index in [4.69, 9.17) is 5.11 Å². The van der Waals surface area contributed by atoms with Gasteiger partial charge in [-0.25, -0.2) is 0 Å². The van der Waals surface area contributed by atoms with E-state index < -0.39 is 29.2 Å². The summed E-state index contributed by atoms with van der Waals surface area (Å²) in [5, 5.41) is 19.4. The van der Waals surface area contributed by atoms with Crippen LogP contribution in [0.5, 0.6) is 0 Å². The first-order valence-electron chi connectivity index (χ1n) is 4.11. The van der Waals surface area contributed by atoms with Crippen molar-refractivity contribution in [3.05, 3.63) is 0 Å². The van der Waals surface area contributed by atoms with Gasteiger partial charge in [0.05, 0.1) is 5.92 Å². The molecule has 0 fully saturated rings.